The molecule has 8 heteroatoms. The zero-order valence-corrected chi connectivity index (χ0v) is 18.5. The molecule has 7 nitrogen and oxygen atoms in total. The van der Waals surface area contributed by atoms with Gasteiger partial charge in [0.1, 0.15) is 5.82 Å². The molecule has 0 unspecified atom stereocenters. The largest absolute Gasteiger partial charge is 0.322 e. The van der Waals surface area contributed by atoms with E-state index >= 15 is 0 Å². The molecule has 32 heavy (non-hydrogen) atoms. The molecule has 1 N–H and O–H groups in total. The molecular weight excluding hydrogens is 424 g/mol. The van der Waals surface area contributed by atoms with Crippen molar-refractivity contribution in [1.82, 2.24) is 24.5 Å². The number of aromatic nitrogens is 5. The van der Waals surface area contributed by atoms with E-state index in [1.54, 1.807) is 16.9 Å². The van der Waals surface area contributed by atoms with Crippen LogP contribution in [0.3, 0.4) is 0 Å². The van der Waals surface area contributed by atoms with Crippen molar-refractivity contribution in [3.05, 3.63) is 76.8 Å². The van der Waals surface area contributed by atoms with E-state index in [0.29, 0.717) is 16.3 Å². The summed E-state index contributed by atoms with van der Waals surface area (Å²) in [6.07, 6.45) is 6.02. The van der Waals surface area contributed by atoms with Gasteiger partial charge in [0.05, 0.1) is 23.1 Å². The van der Waals surface area contributed by atoms with Crippen LogP contribution in [0.4, 0.5) is 5.69 Å². The third-order valence-corrected chi connectivity index (χ3v) is 6.03. The van der Waals surface area contributed by atoms with Crippen molar-refractivity contribution >= 4 is 23.2 Å². The van der Waals surface area contributed by atoms with Crippen LogP contribution in [0.1, 0.15) is 41.1 Å². The van der Waals surface area contributed by atoms with Crippen LogP contribution in [-0.4, -0.2) is 30.5 Å². The highest BCUT2D eigenvalue weighted by atomic mass is 35.5. The van der Waals surface area contributed by atoms with Crippen molar-refractivity contribution in [2.24, 2.45) is 0 Å². The zero-order valence-electron chi connectivity index (χ0n) is 17.8. The van der Waals surface area contributed by atoms with Gasteiger partial charge in [0, 0.05) is 29.2 Å². The second kappa shape index (κ2) is 8.59. The van der Waals surface area contributed by atoms with Crippen molar-refractivity contribution in [2.75, 3.05) is 5.32 Å². The van der Waals surface area contributed by atoms with Crippen LogP contribution < -0.4 is 5.32 Å². The van der Waals surface area contributed by atoms with Crippen LogP contribution in [0.2, 0.25) is 5.02 Å². The number of hydrogen-bond donors (Lipinski definition) is 1. The van der Waals surface area contributed by atoms with Crippen LogP contribution >= 0.6 is 11.6 Å². The molecule has 0 bridgehead atoms. The molecule has 1 aliphatic heterocycles. The summed E-state index contributed by atoms with van der Waals surface area (Å²) >= 11 is 6.10. The minimum atomic E-state index is -0.215. The van der Waals surface area contributed by atoms with E-state index in [1.807, 2.05) is 49.4 Å². The van der Waals surface area contributed by atoms with Crippen LogP contribution in [0.15, 0.2) is 54.7 Å². The molecule has 5 rings (SSSR count). The van der Waals surface area contributed by atoms with Crippen LogP contribution in [0.5, 0.6) is 0 Å². The molecule has 4 aromatic rings. The Kier molecular flexibility index (Phi) is 5.49. The summed E-state index contributed by atoms with van der Waals surface area (Å²) in [5.74, 6) is 1.67. The number of nitrogens with zero attached hydrogens (tertiary/aromatic N) is 5. The Morgan fingerprint density at radius 3 is 2.81 bits per heavy atom. The molecule has 3 heterocycles. The van der Waals surface area contributed by atoms with Gasteiger partial charge in [-0.25, -0.2) is 4.68 Å². The minimum Gasteiger partial charge on any atom is -0.322 e. The normalized spacial score (nSPS) is 13.4. The number of amides is 1. The molecule has 0 saturated heterocycles. The Morgan fingerprint density at radius 2 is 1.94 bits per heavy atom. The molecule has 1 aliphatic rings. The van der Waals surface area contributed by atoms with Gasteiger partial charge in [0.15, 0.2) is 5.82 Å². The van der Waals surface area contributed by atoms with Crippen molar-refractivity contribution in [3.63, 3.8) is 0 Å². The summed E-state index contributed by atoms with van der Waals surface area (Å²) in [7, 11) is 0. The third kappa shape index (κ3) is 3.91. The summed E-state index contributed by atoms with van der Waals surface area (Å²) in [5.41, 5.74) is 3.70. The zero-order chi connectivity index (χ0) is 22.1. The number of carbonyl (C=O) groups excluding carboxylic acids is 1. The summed E-state index contributed by atoms with van der Waals surface area (Å²) in [4.78, 5) is 13.0. The fraction of sp³-hybridized carbons (Fsp3) is 0.250. The predicted octanol–water partition coefficient (Wildman–Crippen LogP) is 5.07. The molecule has 2 aromatic carbocycles. The van der Waals surface area contributed by atoms with E-state index in [1.165, 1.54) is 6.42 Å². The lowest BCUT2D eigenvalue weighted by Gasteiger charge is -2.10. The Hall–Kier alpha value is -3.45. The lowest BCUT2D eigenvalue weighted by Crippen LogP contribution is -2.13. The molecule has 1 amide bonds. The second-order valence-electron chi connectivity index (χ2n) is 7.97. The Balaban J connectivity index is 1.39. The third-order valence-electron chi connectivity index (χ3n) is 5.80. The average molecular weight is 447 g/mol. The van der Waals surface area contributed by atoms with Gasteiger partial charge >= 0.3 is 0 Å². The molecule has 0 saturated carbocycles. The topological polar surface area (TPSA) is 77.6 Å². The lowest BCUT2D eigenvalue weighted by atomic mass is 10.1. The smallest absolute Gasteiger partial charge is 0.259 e. The van der Waals surface area contributed by atoms with Gasteiger partial charge in [0.2, 0.25) is 0 Å². The monoisotopic (exact) mass is 446 g/mol. The van der Waals surface area contributed by atoms with Gasteiger partial charge in [-0.3, -0.25) is 4.79 Å². The Labute approximate surface area is 191 Å². The molecule has 0 spiro atoms. The molecular formula is C24H23ClN6O. The van der Waals surface area contributed by atoms with E-state index < -0.39 is 0 Å². The number of halogens is 1. The number of carbonyl (C=O) groups is 1. The Morgan fingerprint density at radius 1 is 1.06 bits per heavy atom. The highest BCUT2D eigenvalue weighted by Gasteiger charge is 2.18. The van der Waals surface area contributed by atoms with E-state index in [0.717, 1.165) is 54.4 Å². The molecule has 0 radical (unpaired) electrons. The SMILES string of the molecule is Cc1c(C(=O)Nc2cccc(-c3nnc4n3CCCCC4)c2)cnn1-c1cccc(Cl)c1. The fourth-order valence-electron chi connectivity index (χ4n) is 4.13. The van der Waals surface area contributed by atoms with Gasteiger partial charge in [-0.15, -0.1) is 10.2 Å². The van der Waals surface area contributed by atoms with Crippen LogP contribution in [0, 0.1) is 6.92 Å². The standard InChI is InChI=1S/C24H23ClN6O/c1-16-21(15-26-31(16)20-10-6-8-18(25)14-20)24(32)27-19-9-5-7-17(13-19)23-29-28-22-11-3-2-4-12-30(22)23/h5-10,13-15H,2-4,11-12H2,1H3,(H,27,32). The first-order valence-corrected chi connectivity index (χ1v) is 11.1. The van der Waals surface area contributed by atoms with E-state index in [2.05, 4.69) is 25.2 Å². The van der Waals surface area contributed by atoms with E-state index in [-0.39, 0.29) is 5.91 Å². The maximum atomic E-state index is 13.0. The van der Waals surface area contributed by atoms with Gasteiger partial charge < -0.3 is 9.88 Å². The summed E-state index contributed by atoms with van der Waals surface area (Å²) in [6, 6.07) is 15.1. The second-order valence-corrected chi connectivity index (χ2v) is 8.41. The first kappa shape index (κ1) is 20.5. The summed E-state index contributed by atoms with van der Waals surface area (Å²) < 4.78 is 3.91. The Bertz CT molecular complexity index is 1290. The van der Waals surface area contributed by atoms with Gasteiger partial charge in [-0.1, -0.05) is 36.2 Å². The highest BCUT2D eigenvalue weighted by Crippen LogP contribution is 2.25. The van der Waals surface area contributed by atoms with E-state index in [4.69, 9.17) is 11.6 Å². The van der Waals surface area contributed by atoms with Gasteiger partial charge in [-0.2, -0.15) is 5.10 Å². The quantitative estimate of drug-likeness (QED) is 0.474. The molecule has 162 valence electrons. The molecule has 2 aromatic heterocycles. The highest BCUT2D eigenvalue weighted by molar-refractivity contribution is 6.30. The summed E-state index contributed by atoms with van der Waals surface area (Å²) in [6.45, 7) is 2.79. The van der Waals surface area contributed by atoms with E-state index in [9.17, 15) is 4.79 Å². The molecule has 0 fully saturated rings. The number of hydrogen-bond acceptors (Lipinski definition) is 4. The fourth-order valence-corrected chi connectivity index (χ4v) is 4.32. The number of nitrogens with one attached hydrogen (secondary N) is 1. The predicted molar refractivity (Wildman–Crippen MR) is 124 cm³/mol. The van der Waals surface area contributed by atoms with Crippen LogP contribution in [0.25, 0.3) is 17.1 Å². The number of aryl methyl sites for hydroxylation is 1. The lowest BCUT2D eigenvalue weighted by molar-refractivity contribution is 0.102. The molecule has 0 atom stereocenters. The minimum absolute atomic E-state index is 0.215. The maximum Gasteiger partial charge on any atom is 0.259 e. The van der Waals surface area contributed by atoms with Crippen molar-refractivity contribution in [3.8, 4) is 17.1 Å². The average Bonchev–Trinajstić information content (AvgIpc) is 3.29. The van der Waals surface area contributed by atoms with Gasteiger partial charge in [0.25, 0.3) is 5.91 Å². The van der Waals surface area contributed by atoms with Crippen molar-refractivity contribution < 1.29 is 4.79 Å². The van der Waals surface area contributed by atoms with Crippen molar-refractivity contribution in [1.29, 1.82) is 0 Å². The first-order valence-electron chi connectivity index (χ1n) is 10.7. The first-order chi connectivity index (χ1) is 15.6. The van der Waals surface area contributed by atoms with Gasteiger partial charge in [-0.05, 0) is 50.1 Å². The number of fused-ring (bicyclic) bond motifs is 1. The van der Waals surface area contributed by atoms with Crippen molar-refractivity contribution in [2.45, 2.75) is 39.2 Å². The number of benzene rings is 2. The summed E-state index contributed by atoms with van der Waals surface area (Å²) in [5, 5.41) is 16.8. The number of anilines is 1. The van der Waals surface area contributed by atoms with Crippen LogP contribution in [-0.2, 0) is 13.0 Å². The number of rotatable bonds is 4. The molecule has 0 aliphatic carbocycles. The maximum absolute atomic E-state index is 13.0.